The summed E-state index contributed by atoms with van der Waals surface area (Å²) >= 11 is 0. The van der Waals surface area contributed by atoms with Gasteiger partial charge in [0.1, 0.15) is 0 Å². The summed E-state index contributed by atoms with van der Waals surface area (Å²) < 4.78 is 0. The maximum atomic E-state index is 8.36. The molecule has 7 heavy (non-hydrogen) atoms. The molecule has 0 atom stereocenters. The Morgan fingerprint density at radius 3 is 1.00 bits per heavy atom. The number of hydrogen-bond acceptors (Lipinski definition) is 2. The summed E-state index contributed by atoms with van der Waals surface area (Å²) in [6.45, 7) is -0.500. The molecule has 0 aromatic rings. The predicted octanol–water partition coefficient (Wildman–Crippen LogP) is -0.601. The average Bonchev–Trinajstić information content (AvgIpc) is 1.39. The van der Waals surface area contributed by atoms with Gasteiger partial charge < -0.3 is 10.2 Å². The summed E-state index contributed by atoms with van der Waals surface area (Å²) in [5, 5.41) is 13.8. The molecule has 0 aliphatic heterocycles. The van der Waals surface area contributed by atoms with E-state index >= 15 is 0 Å². The van der Waals surface area contributed by atoms with Crippen LogP contribution >= 0.6 is 0 Å². The van der Waals surface area contributed by atoms with Crippen LogP contribution in [-0.2, 0) is 26.7 Å². The Bertz CT molecular complexity index is 30.7. The molecule has 0 aliphatic carbocycles. The van der Waals surface area contributed by atoms with E-state index in [2.05, 4.69) is 0 Å². The van der Waals surface area contributed by atoms with Crippen LogP contribution in [0.15, 0.2) is 0 Å². The number of hydrogen-bond donors (Lipinski definition) is 2. The minimum Gasteiger partial charge on any atom is -0.483 e. The van der Waals surface area contributed by atoms with Gasteiger partial charge in [-0.2, -0.15) is 0 Å². The van der Waals surface area contributed by atoms with Crippen LogP contribution in [0.25, 0.3) is 0 Å². The Morgan fingerprint density at radius 1 is 1.00 bits per heavy atom. The summed E-state index contributed by atoms with van der Waals surface area (Å²) in [5.74, 6) is 0. The van der Waals surface area contributed by atoms with E-state index in [4.69, 9.17) is 19.8 Å². The molecule has 0 radical (unpaired) electrons. The second-order valence-electron chi connectivity index (χ2n) is 0.211. The zero-order valence-electron chi connectivity index (χ0n) is 3.22. The Morgan fingerprint density at radius 2 is 1.00 bits per heavy atom. The van der Waals surface area contributed by atoms with Gasteiger partial charge in [-0.1, -0.05) is 0 Å². The van der Waals surface area contributed by atoms with Crippen LogP contribution in [0.4, 0.5) is 0 Å². The maximum absolute atomic E-state index is 8.36. The van der Waals surface area contributed by atoms with Gasteiger partial charge in [0, 0.05) is 17.1 Å². The molecular weight excluding hydrogens is 144 g/mol. The molecule has 0 aliphatic rings. The van der Waals surface area contributed by atoms with Crippen LogP contribution in [0.3, 0.4) is 0 Å². The smallest absolute Gasteiger partial charge is 0.290 e. The van der Waals surface area contributed by atoms with Crippen molar-refractivity contribution < 1.29 is 36.9 Å². The zero-order valence-corrected chi connectivity index (χ0v) is 4.32. The SMILES string of the molecule is O=CO.O=CO.[Fe]. The van der Waals surface area contributed by atoms with Crippen LogP contribution in [0.5, 0.6) is 0 Å². The molecule has 5 heteroatoms. The summed E-state index contributed by atoms with van der Waals surface area (Å²) in [6, 6.07) is 0. The van der Waals surface area contributed by atoms with E-state index in [1.165, 1.54) is 0 Å². The molecule has 0 heterocycles. The largest absolute Gasteiger partial charge is 0.483 e. The monoisotopic (exact) mass is 148 g/mol. The number of rotatable bonds is 0. The van der Waals surface area contributed by atoms with E-state index < -0.39 is 0 Å². The maximum Gasteiger partial charge on any atom is 0.290 e. The van der Waals surface area contributed by atoms with Crippen molar-refractivity contribution in [2.24, 2.45) is 0 Å². The van der Waals surface area contributed by atoms with Crippen LogP contribution in [0.1, 0.15) is 0 Å². The molecule has 0 bridgehead atoms. The molecule has 0 amide bonds. The van der Waals surface area contributed by atoms with Crippen LogP contribution < -0.4 is 0 Å². The van der Waals surface area contributed by atoms with Gasteiger partial charge in [-0.3, -0.25) is 9.59 Å². The molecule has 0 rings (SSSR count). The molecule has 0 unspecified atom stereocenters. The molecule has 0 saturated heterocycles. The summed E-state index contributed by atoms with van der Waals surface area (Å²) in [4.78, 5) is 16.7. The van der Waals surface area contributed by atoms with Crippen molar-refractivity contribution in [3.63, 3.8) is 0 Å². The van der Waals surface area contributed by atoms with E-state index in [1.807, 2.05) is 0 Å². The van der Waals surface area contributed by atoms with Gasteiger partial charge in [-0.25, -0.2) is 0 Å². The number of carboxylic acid groups (broad SMARTS) is 2. The van der Waals surface area contributed by atoms with Crippen molar-refractivity contribution in [3.05, 3.63) is 0 Å². The molecule has 2 N–H and O–H groups in total. The third kappa shape index (κ3) is 224. The van der Waals surface area contributed by atoms with E-state index in [-0.39, 0.29) is 30.0 Å². The zero-order chi connectivity index (χ0) is 5.41. The minimum atomic E-state index is -0.250. The van der Waals surface area contributed by atoms with E-state index in [0.717, 1.165) is 0 Å². The predicted molar refractivity (Wildman–Crippen MR) is 17.4 cm³/mol. The molecule has 0 aromatic heterocycles. The first-order valence-corrected chi connectivity index (χ1v) is 0.988. The van der Waals surface area contributed by atoms with Gasteiger partial charge in [0.05, 0.1) is 0 Å². The second kappa shape index (κ2) is 51.0. The molecule has 0 spiro atoms. The fourth-order valence-corrected chi connectivity index (χ4v) is 0. The Labute approximate surface area is 50.6 Å². The first-order valence-electron chi connectivity index (χ1n) is 0.988. The van der Waals surface area contributed by atoms with Crippen LogP contribution in [0.2, 0.25) is 0 Å². The van der Waals surface area contributed by atoms with E-state index in [1.54, 1.807) is 0 Å². The molecule has 44 valence electrons. The van der Waals surface area contributed by atoms with Crippen molar-refractivity contribution in [2.45, 2.75) is 0 Å². The van der Waals surface area contributed by atoms with E-state index in [9.17, 15) is 0 Å². The van der Waals surface area contributed by atoms with Gasteiger partial charge >= 0.3 is 0 Å². The quantitative estimate of drug-likeness (QED) is 0.355. The van der Waals surface area contributed by atoms with Gasteiger partial charge in [-0.05, 0) is 0 Å². The first-order chi connectivity index (χ1) is 2.83. The Hall–Kier alpha value is -0.541. The van der Waals surface area contributed by atoms with Gasteiger partial charge in [0.2, 0.25) is 0 Å². The standard InChI is InChI=1S/2CH2O2.Fe/c2*2-1-3;/h2*1H,(H,2,3);. The van der Waals surface area contributed by atoms with E-state index in [0.29, 0.717) is 0 Å². The van der Waals surface area contributed by atoms with Crippen molar-refractivity contribution in [2.75, 3.05) is 0 Å². The van der Waals surface area contributed by atoms with Crippen LogP contribution in [0, 0.1) is 0 Å². The van der Waals surface area contributed by atoms with Crippen molar-refractivity contribution in [1.29, 1.82) is 0 Å². The third-order valence-electron chi connectivity index (χ3n) is 0. The average molecular weight is 148 g/mol. The summed E-state index contributed by atoms with van der Waals surface area (Å²) in [6.07, 6.45) is 0. The topological polar surface area (TPSA) is 74.6 Å². The normalized spacial score (nSPS) is 3.43. The summed E-state index contributed by atoms with van der Waals surface area (Å²) in [5.41, 5.74) is 0. The fourth-order valence-electron chi connectivity index (χ4n) is 0. The van der Waals surface area contributed by atoms with Gasteiger partial charge in [-0.15, -0.1) is 0 Å². The molecule has 0 aromatic carbocycles. The van der Waals surface area contributed by atoms with Gasteiger partial charge in [0.25, 0.3) is 12.9 Å². The third-order valence-corrected chi connectivity index (χ3v) is 0. The van der Waals surface area contributed by atoms with Crippen molar-refractivity contribution in [3.8, 4) is 0 Å². The summed E-state index contributed by atoms with van der Waals surface area (Å²) in [7, 11) is 0. The Kier molecular flexibility index (Phi) is 117. The molecule has 0 saturated carbocycles. The van der Waals surface area contributed by atoms with Crippen molar-refractivity contribution in [1.82, 2.24) is 0 Å². The van der Waals surface area contributed by atoms with Crippen LogP contribution in [-0.4, -0.2) is 23.2 Å². The fraction of sp³-hybridized carbons (Fsp3) is 0. The number of carbonyl (C=O) groups is 2. The first kappa shape index (κ1) is 16.1. The van der Waals surface area contributed by atoms with Gasteiger partial charge in [0.15, 0.2) is 0 Å². The Balaban J connectivity index is -0.0000000400. The molecular formula is C2H4FeO4. The van der Waals surface area contributed by atoms with Crippen molar-refractivity contribution >= 4 is 12.9 Å². The molecule has 0 fully saturated rings. The molecule has 4 nitrogen and oxygen atoms in total. The minimum absolute atomic E-state index is 0. The second-order valence-corrected chi connectivity index (χ2v) is 0.211.